The predicted molar refractivity (Wildman–Crippen MR) is 141 cm³/mol. The molecule has 0 saturated carbocycles. The predicted octanol–water partition coefficient (Wildman–Crippen LogP) is 4.80. The third kappa shape index (κ3) is 9.80. The molecule has 2 atom stereocenters. The number of carbonyl (C=O) groups excluding carboxylic acids is 3. The summed E-state index contributed by atoms with van der Waals surface area (Å²) in [5, 5.41) is 5.46. The highest BCUT2D eigenvalue weighted by atomic mass is 16.5. The van der Waals surface area contributed by atoms with Crippen molar-refractivity contribution in [1.82, 2.24) is 10.6 Å². The van der Waals surface area contributed by atoms with E-state index in [0.717, 1.165) is 16.7 Å². The second kappa shape index (κ2) is 14.4. The maximum Gasteiger partial charge on any atom is 0.408 e. The molecule has 3 aromatic carbocycles. The van der Waals surface area contributed by atoms with Crippen LogP contribution in [-0.2, 0) is 38.7 Å². The number of amides is 2. The summed E-state index contributed by atoms with van der Waals surface area (Å²) in [4.78, 5) is 38.8. The molecule has 0 heterocycles. The summed E-state index contributed by atoms with van der Waals surface area (Å²) in [5.74, 6) is -0.901. The van der Waals surface area contributed by atoms with Crippen molar-refractivity contribution in [3.8, 4) is 0 Å². The van der Waals surface area contributed by atoms with Gasteiger partial charge in [0.25, 0.3) is 0 Å². The highest BCUT2D eigenvalue weighted by Gasteiger charge is 2.29. The van der Waals surface area contributed by atoms with E-state index in [-0.39, 0.29) is 25.6 Å². The molecule has 3 aromatic rings. The monoisotopic (exact) mass is 502 g/mol. The summed E-state index contributed by atoms with van der Waals surface area (Å²) in [6.45, 7) is 4.09. The van der Waals surface area contributed by atoms with Crippen LogP contribution in [0.5, 0.6) is 0 Å². The molecule has 0 aromatic heterocycles. The Morgan fingerprint density at radius 1 is 0.649 bits per heavy atom. The zero-order chi connectivity index (χ0) is 26.5. The first-order chi connectivity index (χ1) is 17.9. The van der Waals surface area contributed by atoms with E-state index in [1.807, 2.05) is 105 Å². The zero-order valence-electron chi connectivity index (χ0n) is 21.3. The van der Waals surface area contributed by atoms with Crippen molar-refractivity contribution in [2.75, 3.05) is 0 Å². The Morgan fingerprint density at radius 3 is 1.65 bits per heavy atom. The molecule has 7 nitrogen and oxygen atoms in total. The van der Waals surface area contributed by atoms with Gasteiger partial charge < -0.3 is 20.1 Å². The van der Waals surface area contributed by atoms with Gasteiger partial charge in [0.15, 0.2) is 0 Å². The van der Waals surface area contributed by atoms with Gasteiger partial charge in [0.1, 0.15) is 25.3 Å². The van der Waals surface area contributed by atoms with Crippen LogP contribution in [0.4, 0.5) is 4.79 Å². The summed E-state index contributed by atoms with van der Waals surface area (Å²) in [6.07, 6.45) is -0.0629. The fraction of sp³-hybridized carbons (Fsp3) is 0.300. The van der Waals surface area contributed by atoms with Crippen molar-refractivity contribution in [3.63, 3.8) is 0 Å². The molecule has 37 heavy (non-hydrogen) atoms. The van der Waals surface area contributed by atoms with Gasteiger partial charge in [-0.2, -0.15) is 0 Å². The quantitative estimate of drug-likeness (QED) is 0.347. The maximum atomic E-state index is 13.3. The standard InChI is InChI=1S/C30H34N2O5/c1-22(2)18-26(32-30(35)37-21-25-16-10-5-11-17-25)28(33)31-27(19-23-12-6-3-7-13-23)29(34)36-20-24-14-8-4-9-15-24/h3-17,22,26-27H,18-21H2,1-2H3,(H,31,33)(H,32,35)/t26-,27-/m0/s1. The average molecular weight is 503 g/mol. The lowest BCUT2D eigenvalue weighted by atomic mass is 10.0. The number of ether oxygens (including phenoxy) is 2. The molecule has 0 bridgehead atoms. The normalized spacial score (nSPS) is 12.3. The Balaban J connectivity index is 1.66. The first-order valence-corrected chi connectivity index (χ1v) is 12.4. The Labute approximate surface area is 218 Å². The van der Waals surface area contributed by atoms with Gasteiger partial charge in [-0.25, -0.2) is 9.59 Å². The van der Waals surface area contributed by atoms with E-state index in [4.69, 9.17) is 9.47 Å². The molecule has 194 valence electrons. The summed E-state index contributed by atoms with van der Waals surface area (Å²) in [5.41, 5.74) is 2.56. The number of carbonyl (C=O) groups is 3. The van der Waals surface area contributed by atoms with Crippen molar-refractivity contribution >= 4 is 18.0 Å². The lowest BCUT2D eigenvalue weighted by molar-refractivity contribution is -0.149. The number of benzene rings is 3. The second-order valence-electron chi connectivity index (χ2n) is 9.23. The van der Waals surface area contributed by atoms with Crippen LogP contribution in [0.25, 0.3) is 0 Å². The fourth-order valence-electron chi connectivity index (χ4n) is 3.75. The van der Waals surface area contributed by atoms with E-state index in [1.165, 1.54) is 0 Å². The molecule has 3 rings (SSSR count). The molecular weight excluding hydrogens is 468 g/mol. The van der Waals surface area contributed by atoms with Crippen molar-refractivity contribution in [3.05, 3.63) is 108 Å². The third-order valence-corrected chi connectivity index (χ3v) is 5.64. The fourth-order valence-corrected chi connectivity index (χ4v) is 3.75. The van der Waals surface area contributed by atoms with Gasteiger partial charge in [0.2, 0.25) is 5.91 Å². The minimum Gasteiger partial charge on any atom is -0.459 e. The first-order valence-electron chi connectivity index (χ1n) is 12.4. The van der Waals surface area contributed by atoms with Crippen LogP contribution in [0.1, 0.15) is 37.0 Å². The molecular formula is C30H34N2O5. The van der Waals surface area contributed by atoms with Gasteiger partial charge in [-0.15, -0.1) is 0 Å². The topological polar surface area (TPSA) is 93.7 Å². The van der Waals surface area contributed by atoms with E-state index >= 15 is 0 Å². The van der Waals surface area contributed by atoms with Gasteiger partial charge >= 0.3 is 12.1 Å². The minimum atomic E-state index is -0.921. The molecule has 0 fully saturated rings. The van der Waals surface area contributed by atoms with Gasteiger partial charge in [0, 0.05) is 6.42 Å². The largest absolute Gasteiger partial charge is 0.459 e. The molecule has 2 N–H and O–H groups in total. The van der Waals surface area contributed by atoms with E-state index in [0.29, 0.717) is 6.42 Å². The van der Waals surface area contributed by atoms with Crippen molar-refractivity contribution < 1.29 is 23.9 Å². The third-order valence-electron chi connectivity index (χ3n) is 5.64. The van der Waals surface area contributed by atoms with E-state index < -0.39 is 30.1 Å². The molecule has 0 saturated heterocycles. The summed E-state index contributed by atoms with van der Waals surface area (Å²) in [6, 6.07) is 26.2. The highest BCUT2D eigenvalue weighted by molar-refractivity contribution is 5.89. The van der Waals surface area contributed by atoms with E-state index in [9.17, 15) is 14.4 Å². The highest BCUT2D eigenvalue weighted by Crippen LogP contribution is 2.11. The SMILES string of the molecule is CC(C)C[C@H](NC(=O)OCc1ccccc1)C(=O)N[C@@H](Cc1ccccc1)C(=O)OCc1ccccc1. The summed E-state index contributed by atoms with van der Waals surface area (Å²) >= 11 is 0. The number of nitrogens with one attached hydrogen (secondary N) is 2. The maximum absolute atomic E-state index is 13.3. The molecule has 0 aliphatic heterocycles. The number of alkyl carbamates (subject to hydrolysis) is 1. The smallest absolute Gasteiger partial charge is 0.408 e. The average Bonchev–Trinajstić information content (AvgIpc) is 2.91. The zero-order valence-corrected chi connectivity index (χ0v) is 21.3. The Hall–Kier alpha value is -4.13. The van der Waals surface area contributed by atoms with E-state index in [1.54, 1.807) is 0 Å². The number of esters is 1. The molecule has 0 aliphatic rings. The number of hydrogen-bond donors (Lipinski definition) is 2. The Morgan fingerprint density at radius 2 is 1.14 bits per heavy atom. The minimum absolute atomic E-state index is 0.0884. The lowest BCUT2D eigenvalue weighted by Gasteiger charge is -2.24. The van der Waals surface area contributed by atoms with Crippen LogP contribution in [-0.4, -0.2) is 30.1 Å². The molecule has 0 spiro atoms. The Kier molecular flexibility index (Phi) is 10.7. The van der Waals surface area contributed by atoms with Crippen LogP contribution in [0.15, 0.2) is 91.0 Å². The van der Waals surface area contributed by atoms with Gasteiger partial charge in [-0.1, -0.05) is 105 Å². The molecule has 0 aliphatic carbocycles. The summed E-state index contributed by atoms with van der Waals surface area (Å²) < 4.78 is 10.8. The first kappa shape index (κ1) is 27.5. The number of hydrogen-bond acceptors (Lipinski definition) is 5. The van der Waals surface area contributed by atoms with Crippen molar-refractivity contribution in [2.45, 2.75) is 52.0 Å². The molecule has 0 radical (unpaired) electrons. The van der Waals surface area contributed by atoms with Gasteiger partial charge in [-0.3, -0.25) is 4.79 Å². The van der Waals surface area contributed by atoms with Crippen LogP contribution >= 0.6 is 0 Å². The Bertz CT molecular complexity index is 1120. The van der Waals surface area contributed by atoms with Crippen LogP contribution in [0.3, 0.4) is 0 Å². The van der Waals surface area contributed by atoms with Crippen LogP contribution in [0.2, 0.25) is 0 Å². The van der Waals surface area contributed by atoms with E-state index in [2.05, 4.69) is 10.6 Å². The van der Waals surface area contributed by atoms with Gasteiger partial charge in [-0.05, 0) is 29.0 Å². The second-order valence-corrected chi connectivity index (χ2v) is 9.23. The summed E-state index contributed by atoms with van der Waals surface area (Å²) in [7, 11) is 0. The number of rotatable bonds is 12. The van der Waals surface area contributed by atoms with Crippen molar-refractivity contribution in [2.24, 2.45) is 5.92 Å². The van der Waals surface area contributed by atoms with Crippen LogP contribution in [0, 0.1) is 5.92 Å². The lowest BCUT2D eigenvalue weighted by Crippen LogP contribution is -2.53. The molecule has 7 heteroatoms. The molecule has 2 amide bonds. The van der Waals surface area contributed by atoms with Crippen LogP contribution < -0.4 is 10.6 Å². The molecule has 0 unspecified atom stereocenters. The van der Waals surface area contributed by atoms with Gasteiger partial charge in [0.05, 0.1) is 0 Å². The van der Waals surface area contributed by atoms with Crippen molar-refractivity contribution in [1.29, 1.82) is 0 Å².